The van der Waals surface area contributed by atoms with Crippen LogP contribution in [0.3, 0.4) is 0 Å². The second kappa shape index (κ2) is 6.60. The van der Waals surface area contributed by atoms with Crippen molar-refractivity contribution in [1.29, 1.82) is 0 Å². The monoisotopic (exact) mass is 273 g/mol. The van der Waals surface area contributed by atoms with E-state index in [1.807, 2.05) is 42.5 Å². The van der Waals surface area contributed by atoms with Gasteiger partial charge in [0.05, 0.1) is 0 Å². The number of hydrogen-bond acceptors (Lipinski definition) is 1. The van der Waals surface area contributed by atoms with E-state index in [0.29, 0.717) is 5.30 Å². The highest BCUT2D eigenvalue weighted by Crippen LogP contribution is 2.28. The molecule has 98 valence electrons. The molecule has 2 nitrogen and oxygen atoms in total. The molecule has 19 heavy (non-hydrogen) atoms. The third-order valence-corrected chi connectivity index (χ3v) is 4.05. The van der Waals surface area contributed by atoms with Crippen molar-refractivity contribution in [3.05, 3.63) is 54.1 Å². The lowest BCUT2D eigenvalue weighted by Crippen LogP contribution is -2.07. The Kier molecular flexibility index (Phi) is 4.84. The van der Waals surface area contributed by atoms with Gasteiger partial charge in [-0.25, -0.2) is 0 Å². The largest absolute Gasteiger partial charge is 0.546 e. The summed E-state index contributed by atoms with van der Waals surface area (Å²) in [6.07, 6.45) is 2.95. The molecular weight excluding hydrogens is 255 g/mol. The first-order chi connectivity index (χ1) is 9.24. The third-order valence-electron chi connectivity index (χ3n) is 3.22. The highest BCUT2D eigenvalue weighted by molar-refractivity contribution is 7.47. The number of benzene rings is 2. The standard InChI is InChI=1S/C16H17O2P/c1-2-3-10-15-14(13-8-5-4-6-9-13)11-7-12-16(15)19(17)18/h4-9,11-12H,2-3,10H2,1H3/p+1. The maximum absolute atomic E-state index is 11.5. The third kappa shape index (κ3) is 3.28. The number of rotatable bonds is 5. The van der Waals surface area contributed by atoms with Crippen molar-refractivity contribution in [1.82, 2.24) is 0 Å². The van der Waals surface area contributed by atoms with Crippen molar-refractivity contribution in [2.75, 3.05) is 0 Å². The smallest absolute Gasteiger partial charge is 0.156 e. The van der Waals surface area contributed by atoms with Crippen LogP contribution in [0.5, 0.6) is 0 Å². The van der Waals surface area contributed by atoms with Crippen LogP contribution in [0.15, 0.2) is 48.5 Å². The normalized spacial score (nSPS) is 11.4. The summed E-state index contributed by atoms with van der Waals surface area (Å²) < 4.78 is 11.5. The molecule has 0 spiro atoms. The van der Waals surface area contributed by atoms with E-state index in [9.17, 15) is 9.46 Å². The molecule has 0 aliphatic heterocycles. The second-order valence-electron chi connectivity index (χ2n) is 4.55. The fourth-order valence-electron chi connectivity index (χ4n) is 2.26. The van der Waals surface area contributed by atoms with Crippen LogP contribution in [-0.2, 0) is 11.0 Å². The van der Waals surface area contributed by atoms with Gasteiger partial charge in [-0.1, -0.05) is 55.8 Å². The Morgan fingerprint density at radius 3 is 2.42 bits per heavy atom. The van der Waals surface area contributed by atoms with Gasteiger partial charge in [0.1, 0.15) is 0 Å². The SMILES string of the molecule is CCCCc1c(-c2ccccc2)cccc1[P+](=O)O. The Balaban J connectivity index is 2.53. The van der Waals surface area contributed by atoms with E-state index in [-0.39, 0.29) is 0 Å². The van der Waals surface area contributed by atoms with Gasteiger partial charge < -0.3 is 0 Å². The second-order valence-corrected chi connectivity index (χ2v) is 5.57. The number of hydrogen-bond donors (Lipinski definition) is 1. The highest BCUT2D eigenvalue weighted by Gasteiger charge is 2.23. The summed E-state index contributed by atoms with van der Waals surface area (Å²) >= 11 is 0. The molecule has 0 saturated heterocycles. The summed E-state index contributed by atoms with van der Waals surface area (Å²) in [6.45, 7) is 2.13. The van der Waals surface area contributed by atoms with Gasteiger partial charge in [-0.2, -0.15) is 4.89 Å². The van der Waals surface area contributed by atoms with E-state index in [1.165, 1.54) is 0 Å². The van der Waals surface area contributed by atoms with Crippen LogP contribution < -0.4 is 5.30 Å². The summed E-state index contributed by atoms with van der Waals surface area (Å²) in [6, 6.07) is 15.7. The zero-order chi connectivity index (χ0) is 13.7. The quantitative estimate of drug-likeness (QED) is 0.834. The Labute approximate surface area is 115 Å². The average Bonchev–Trinajstić information content (AvgIpc) is 2.45. The molecule has 0 saturated carbocycles. The summed E-state index contributed by atoms with van der Waals surface area (Å²) in [5.74, 6) is 0. The van der Waals surface area contributed by atoms with E-state index in [2.05, 4.69) is 6.92 Å². The molecule has 3 heteroatoms. The summed E-state index contributed by atoms with van der Waals surface area (Å²) in [5.41, 5.74) is 3.19. The zero-order valence-electron chi connectivity index (χ0n) is 11.0. The van der Waals surface area contributed by atoms with Gasteiger partial charge in [0.15, 0.2) is 0 Å². The van der Waals surface area contributed by atoms with E-state index < -0.39 is 8.03 Å². The van der Waals surface area contributed by atoms with Gasteiger partial charge in [0.25, 0.3) is 0 Å². The minimum absolute atomic E-state index is 0.574. The lowest BCUT2D eigenvalue weighted by Gasteiger charge is -2.09. The van der Waals surface area contributed by atoms with Crippen LogP contribution in [0, 0.1) is 0 Å². The molecule has 0 bridgehead atoms. The predicted octanol–water partition coefficient (Wildman–Crippen LogP) is 4.06. The van der Waals surface area contributed by atoms with Gasteiger partial charge in [0.2, 0.25) is 5.30 Å². The Hall–Kier alpha value is -1.50. The van der Waals surface area contributed by atoms with Crippen molar-refractivity contribution in [3.8, 4) is 11.1 Å². The van der Waals surface area contributed by atoms with Gasteiger partial charge in [-0.15, -0.1) is 0 Å². The minimum Gasteiger partial charge on any atom is -0.156 e. The predicted molar refractivity (Wildman–Crippen MR) is 79.9 cm³/mol. The van der Waals surface area contributed by atoms with Gasteiger partial charge in [-0.3, -0.25) is 0 Å². The Morgan fingerprint density at radius 1 is 1.05 bits per heavy atom. The Morgan fingerprint density at radius 2 is 1.79 bits per heavy atom. The first-order valence-corrected chi connectivity index (χ1v) is 7.78. The maximum atomic E-state index is 11.5. The first-order valence-electron chi connectivity index (χ1n) is 6.57. The average molecular weight is 273 g/mol. The fourth-order valence-corrected chi connectivity index (χ4v) is 2.94. The molecule has 2 aromatic rings. The van der Waals surface area contributed by atoms with Crippen LogP contribution in [0.25, 0.3) is 11.1 Å². The Bertz CT molecular complexity index is 564. The van der Waals surface area contributed by atoms with Crippen LogP contribution in [0.1, 0.15) is 25.3 Å². The maximum Gasteiger partial charge on any atom is 0.546 e. The summed E-state index contributed by atoms with van der Waals surface area (Å²) in [4.78, 5) is 9.48. The van der Waals surface area contributed by atoms with Crippen molar-refractivity contribution in [2.45, 2.75) is 26.2 Å². The van der Waals surface area contributed by atoms with E-state index >= 15 is 0 Å². The molecule has 0 aromatic heterocycles. The van der Waals surface area contributed by atoms with Crippen molar-refractivity contribution >= 4 is 13.3 Å². The van der Waals surface area contributed by atoms with Crippen LogP contribution in [0.4, 0.5) is 0 Å². The van der Waals surface area contributed by atoms with E-state index in [0.717, 1.165) is 36.0 Å². The lowest BCUT2D eigenvalue weighted by molar-refractivity contribution is 0.513. The van der Waals surface area contributed by atoms with Gasteiger partial charge in [0, 0.05) is 5.56 Å². The minimum atomic E-state index is -2.29. The molecular formula is C16H18O2P+. The first kappa shape index (κ1) is 13.9. The summed E-state index contributed by atoms with van der Waals surface area (Å²) in [7, 11) is -2.29. The summed E-state index contributed by atoms with van der Waals surface area (Å²) in [5, 5.41) is 0.574. The molecule has 0 radical (unpaired) electrons. The number of unbranched alkanes of at least 4 members (excludes halogenated alkanes) is 1. The molecule has 2 aromatic carbocycles. The molecule has 1 N–H and O–H groups in total. The zero-order valence-corrected chi connectivity index (χ0v) is 11.9. The van der Waals surface area contributed by atoms with Crippen LogP contribution >= 0.6 is 8.03 Å². The molecule has 0 aliphatic carbocycles. The molecule has 0 amide bonds. The molecule has 0 fully saturated rings. The fraction of sp³-hybridized carbons (Fsp3) is 0.250. The molecule has 1 unspecified atom stereocenters. The molecule has 0 heterocycles. The highest BCUT2D eigenvalue weighted by atomic mass is 31.1. The van der Waals surface area contributed by atoms with Gasteiger partial charge in [-0.05, 0) is 34.6 Å². The van der Waals surface area contributed by atoms with Crippen molar-refractivity contribution in [2.24, 2.45) is 0 Å². The van der Waals surface area contributed by atoms with Crippen molar-refractivity contribution in [3.63, 3.8) is 0 Å². The van der Waals surface area contributed by atoms with E-state index in [1.54, 1.807) is 6.07 Å². The van der Waals surface area contributed by atoms with E-state index in [4.69, 9.17) is 0 Å². The van der Waals surface area contributed by atoms with Crippen molar-refractivity contribution < 1.29 is 9.46 Å². The molecule has 2 rings (SSSR count). The van der Waals surface area contributed by atoms with Crippen LogP contribution in [0.2, 0.25) is 0 Å². The molecule has 1 atom stereocenters. The van der Waals surface area contributed by atoms with Crippen LogP contribution in [-0.4, -0.2) is 4.89 Å². The molecule has 0 aliphatic rings. The lowest BCUT2D eigenvalue weighted by atomic mass is 9.96. The van der Waals surface area contributed by atoms with Gasteiger partial charge >= 0.3 is 8.03 Å². The topological polar surface area (TPSA) is 37.3 Å².